The van der Waals surface area contributed by atoms with Gasteiger partial charge in [-0.3, -0.25) is 4.79 Å². The van der Waals surface area contributed by atoms with E-state index in [0.717, 1.165) is 40.3 Å². The van der Waals surface area contributed by atoms with Crippen molar-refractivity contribution in [1.29, 1.82) is 0 Å². The molecule has 0 aromatic carbocycles. The van der Waals surface area contributed by atoms with E-state index in [4.69, 9.17) is 4.74 Å². The van der Waals surface area contributed by atoms with E-state index in [1.807, 2.05) is 36.1 Å². The van der Waals surface area contributed by atoms with Crippen molar-refractivity contribution in [3.63, 3.8) is 0 Å². The Bertz CT molecular complexity index is 666. The quantitative estimate of drug-likeness (QED) is 0.794. The van der Waals surface area contributed by atoms with Gasteiger partial charge in [-0.15, -0.1) is 16.4 Å². The molecule has 2 aromatic rings. The van der Waals surface area contributed by atoms with Gasteiger partial charge in [-0.05, 0) is 59.8 Å². The molecule has 1 amide bonds. The van der Waals surface area contributed by atoms with Gasteiger partial charge in [-0.1, -0.05) is 0 Å². The van der Waals surface area contributed by atoms with E-state index in [1.165, 1.54) is 11.3 Å². The lowest BCUT2D eigenvalue weighted by atomic mass is 9.98. The van der Waals surface area contributed by atoms with Crippen LogP contribution in [0.25, 0.3) is 0 Å². The molecule has 23 heavy (non-hydrogen) atoms. The van der Waals surface area contributed by atoms with E-state index in [9.17, 15) is 4.79 Å². The van der Waals surface area contributed by atoms with E-state index < -0.39 is 0 Å². The summed E-state index contributed by atoms with van der Waals surface area (Å²) in [5, 5.41) is 7.99. The first-order valence-corrected chi connectivity index (χ1v) is 9.20. The van der Waals surface area contributed by atoms with Gasteiger partial charge in [0.15, 0.2) is 0 Å². The number of hydrogen-bond donors (Lipinski definition) is 0. The Hall–Kier alpha value is -1.47. The zero-order chi connectivity index (χ0) is 16.2. The maximum Gasteiger partial charge on any atom is 0.263 e. The molecule has 1 aliphatic heterocycles. The van der Waals surface area contributed by atoms with Crippen LogP contribution in [0, 0.1) is 12.8 Å². The first-order valence-electron chi connectivity index (χ1n) is 7.59. The van der Waals surface area contributed by atoms with Crippen LogP contribution in [-0.4, -0.2) is 40.7 Å². The molecule has 1 fully saturated rings. The molecule has 3 heterocycles. The predicted molar refractivity (Wildman–Crippen MR) is 92.9 cm³/mol. The summed E-state index contributed by atoms with van der Waals surface area (Å²) in [5.41, 5.74) is 0.879. The molecule has 7 heteroatoms. The zero-order valence-electron chi connectivity index (χ0n) is 12.9. The van der Waals surface area contributed by atoms with Crippen molar-refractivity contribution in [2.75, 3.05) is 19.7 Å². The Balaban J connectivity index is 1.46. The molecule has 122 valence electrons. The maximum atomic E-state index is 12.4. The first-order chi connectivity index (χ1) is 11.1. The van der Waals surface area contributed by atoms with Gasteiger partial charge < -0.3 is 9.64 Å². The molecule has 1 aliphatic rings. The van der Waals surface area contributed by atoms with Crippen molar-refractivity contribution in [2.24, 2.45) is 5.92 Å². The number of rotatable bonds is 4. The number of piperidine rings is 1. The Labute approximate surface area is 147 Å². The van der Waals surface area contributed by atoms with Crippen LogP contribution < -0.4 is 4.74 Å². The first kappa shape index (κ1) is 16.4. The average Bonchev–Trinajstić information content (AvgIpc) is 3.01. The Morgan fingerprint density at radius 2 is 2.09 bits per heavy atom. The summed E-state index contributed by atoms with van der Waals surface area (Å²) in [6, 6.07) is 7.53. The molecule has 0 saturated carbocycles. The van der Waals surface area contributed by atoms with Crippen molar-refractivity contribution in [1.82, 2.24) is 15.1 Å². The van der Waals surface area contributed by atoms with E-state index in [-0.39, 0.29) is 5.91 Å². The number of aromatic nitrogens is 2. The molecule has 0 spiro atoms. The van der Waals surface area contributed by atoms with Gasteiger partial charge in [-0.2, -0.15) is 5.10 Å². The largest absolute Gasteiger partial charge is 0.476 e. The summed E-state index contributed by atoms with van der Waals surface area (Å²) in [6.45, 7) is 4.09. The van der Waals surface area contributed by atoms with Gasteiger partial charge in [0.2, 0.25) is 5.88 Å². The Kier molecular flexibility index (Phi) is 5.27. The van der Waals surface area contributed by atoms with Crippen LogP contribution in [0.3, 0.4) is 0 Å². The normalized spacial score (nSPS) is 15.7. The standard InChI is InChI=1S/C16H18BrN3O2S/c1-11-2-5-15(19-18-11)22-10-12-6-8-20(9-7-12)16(21)13-3-4-14(17)23-13/h2-5,12H,6-10H2,1H3. The fourth-order valence-corrected chi connectivity index (χ4v) is 3.91. The van der Waals surface area contributed by atoms with E-state index >= 15 is 0 Å². The highest BCUT2D eigenvalue weighted by molar-refractivity contribution is 9.11. The van der Waals surface area contributed by atoms with Gasteiger partial charge in [0.1, 0.15) is 0 Å². The van der Waals surface area contributed by atoms with Crippen molar-refractivity contribution >= 4 is 33.2 Å². The third kappa shape index (κ3) is 4.29. The van der Waals surface area contributed by atoms with Gasteiger partial charge >= 0.3 is 0 Å². The highest BCUT2D eigenvalue weighted by atomic mass is 79.9. The Morgan fingerprint density at radius 1 is 1.30 bits per heavy atom. The minimum absolute atomic E-state index is 0.129. The van der Waals surface area contributed by atoms with Crippen molar-refractivity contribution in [3.05, 3.63) is 38.6 Å². The van der Waals surface area contributed by atoms with Crippen LogP contribution in [0.15, 0.2) is 28.1 Å². The van der Waals surface area contributed by atoms with Crippen LogP contribution in [0.1, 0.15) is 28.2 Å². The maximum absolute atomic E-state index is 12.4. The van der Waals surface area contributed by atoms with E-state index in [0.29, 0.717) is 18.4 Å². The molecule has 5 nitrogen and oxygen atoms in total. The fourth-order valence-electron chi connectivity index (χ4n) is 2.55. The molecule has 0 radical (unpaired) electrons. The molecule has 3 rings (SSSR count). The predicted octanol–water partition coefficient (Wildman–Crippen LogP) is 3.54. The molecule has 0 atom stereocenters. The molecule has 0 bridgehead atoms. The van der Waals surface area contributed by atoms with Crippen LogP contribution in [0.4, 0.5) is 0 Å². The average molecular weight is 396 g/mol. The minimum Gasteiger partial charge on any atom is -0.476 e. The molecular weight excluding hydrogens is 378 g/mol. The number of halogens is 1. The number of carbonyl (C=O) groups is 1. The van der Waals surface area contributed by atoms with Gasteiger partial charge in [0.25, 0.3) is 5.91 Å². The zero-order valence-corrected chi connectivity index (χ0v) is 15.3. The molecule has 0 aliphatic carbocycles. The summed E-state index contributed by atoms with van der Waals surface area (Å²) >= 11 is 4.89. The van der Waals surface area contributed by atoms with Gasteiger partial charge in [0.05, 0.1) is 21.0 Å². The molecular formula is C16H18BrN3O2S. The number of carbonyl (C=O) groups excluding carboxylic acids is 1. The fraction of sp³-hybridized carbons (Fsp3) is 0.438. The molecule has 1 saturated heterocycles. The third-order valence-electron chi connectivity index (χ3n) is 3.93. The third-order valence-corrected chi connectivity index (χ3v) is 5.54. The number of hydrogen-bond acceptors (Lipinski definition) is 5. The number of aryl methyl sites for hydroxylation is 1. The number of thiophene rings is 1. The minimum atomic E-state index is 0.129. The van der Waals surface area contributed by atoms with Gasteiger partial charge in [-0.25, -0.2) is 0 Å². The SMILES string of the molecule is Cc1ccc(OCC2CCN(C(=O)c3ccc(Br)s3)CC2)nn1. The number of nitrogens with zero attached hydrogens (tertiary/aromatic N) is 3. The van der Waals surface area contributed by atoms with Crippen molar-refractivity contribution < 1.29 is 9.53 Å². The van der Waals surface area contributed by atoms with Crippen LogP contribution in [0.2, 0.25) is 0 Å². The second-order valence-corrected chi connectivity index (χ2v) is 8.13. The number of ether oxygens (including phenoxy) is 1. The summed E-state index contributed by atoms with van der Waals surface area (Å²) in [4.78, 5) is 15.1. The Morgan fingerprint density at radius 3 is 2.70 bits per heavy atom. The lowest BCUT2D eigenvalue weighted by molar-refractivity contribution is 0.0664. The van der Waals surface area contributed by atoms with Crippen LogP contribution >= 0.6 is 27.3 Å². The van der Waals surface area contributed by atoms with E-state index in [2.05, 4.69) is 26.1 Å². The number of likely N-dealkylation sites (tertiary alicyclic amines) is 1. The second kappa shape index (κ2) is 7.40. The van der Waals surface area contributed by atoms with Crippen molar-refractivity contribution in [2.45, 2.75) is 19.8 Å². The smallest absolute Gasteiger partial charge is 0.263 e. The van der Waals surface area contributed by atoms with E-state index in [1.54, 1.807) is 0 Å². The monoisotopic (exact) mass is 395 g/mol. The summed E-state index contributed by atoms with van der Waals surface area (Å²) in [6.07, 6.45) is 1.91. The summed E-state index contributed by atoms with van der Waals surface area (Å²) < 4.78 is 6.69. The van der Waals surface area contributed by atoms with Crippen LogP contribution in [-0.2, 0) is 0 Å². The lowest BCUT2D eigenvalue weighted by Gasteiger charge is -2.31. The van der Waals surface area contributed by atoms with Crippen molar-refractivity contribution in [3.8, 4) is 5.88 Å². The molecule has 0 N–H and O–H groups in total. The summed E-state index contributed by atoms with van der Waals surface area (Å²) in [7, 11) is 0. The highest BCUT2D eigenvalue weighted by Crippen LogP contribution is 2.25. The summed E-state index contributed by atoms with van der Waals surface area (Å²) in [5.74, 6) is 1.15. The molecule has 0 unspecified atom stereocenters. The second-order valence-electron chi connectivity index (χ2n) is 5.66. The topological polar surface area (TPSA) is 55.3 Å². The molecule has 2 aromatic heterocycles. The lowest BCUT2D eigenvalue weighted by Crippen LogP contribution is -2.39. The van der Waals surface area contributed by atoms with Crippen LogP contribution in [0.5, 0.6) is 5.88 Å². The van der Waals surface area contributed by atoms with Gasteiger partial charge in [0, 0.05) is 19.2 Å². The highest BCUT2D eigenvalue weighted by Gasteiger charge is 2.24. The number of amides is 1.